The Morgan fingerprint density at radius 3 is 2.82 bits per heavy atom. The summed E-state index contributed by atoms with van der Waals surface area (Å²) in [7, 11) is -2.46. The first-order valence-electron chi connectivity index (χ1n) is 10.7. The van der Waals surface area contributed by atoms with Crippen molar-refractivity contribution in [1.29, 1.82) is 0 Å². The average Bonchev–Trinajstić information content (AvgIpc) is 3.28. The highest BCUT2D eigenvalue weighted by Crippen LogP contribution is 2.45. The SMILES string of the molecule is C[C@H](N[P+](=O)OC[C@@]1(C)O[C@@H](c2ccc3c(N)ncnn23)[C@H](O)[C@@H]1O)C(=O)OCC1(C)CC1. The number of aliphatic hydroxyl groups is 2. The van der Waals surface area contributed by atoms with Crippen LogP contribution in [0.25, 0.3) is 5.52 Å². The Kier molecular flexibility index (Phi) is 6.43. The van der Waals surface area contributed by atoms with E-state index in [0.29, 0.717) is 17.8 Å². The summed E-state index contributed by atoms with van der Waals surface area (Å²) >= 11 is 0. The third-order valence-corrected chi connectivity index (χ3v) is 7.21. The van der Waals surface area contributed by atoms with E-state index in [2.05, 4.69) is 15.2 Å². The highest BCUT2D eigenvalue weighted by molar-refractivity contribution is 7.36. The quantitative estimate of drug-likeness (QED) is 0.295. The van der Waals surface area contributed by atoms with Gasteiger partial charge in [0.25, 0.3) is 0 Å². The van der Waals surface area contributed by atoms with Crippen LogP contribution >= 0.6 is 8.18 Å². The third kappa shape index (κ3) is 4.86. The molecule has 1 unspecified atom stereocenters. The number of nitrogen functional groups attached to an aromatic ring is 1. The number of esters is 1. The lowest BCUT2D eigenvalue weighted by Gasteiger charge is -2.24. The minimum absolute atomic E-state index is 0.0546. The van der Waals surface area contributed by atoms with E-state index in [0.717, 1.165) is 12.8 Å². The van der Waals surface area contributed by atoms with E-state index in [9.17, 15) is 19.6 Å². The molecule has 5 N–H and O–H groups in total. The zero-order valence-electron chi connectivity index (χ0n) is 18.7. The van der Waals surface area contributed by atoms with Crippen molar-refractivity contribution in [3.05, 3.63) is 24.2 Å². The lowest BCUT2D eigenvalue weighted by Crippen LogP contribution is -2.44. The number of ether oxygens (including phenoxy) is 2. The fraction of sp³-hybridized carbons (Fsp3) is 0.650. The summed E-state index contributed by atoms with van der Waals surface area (Å²) in [4.78, 5) is 16.0. The summed E-state index contributed by atoms with van der Waals surface area (Å²) in [5, 5.41) is 28.0. The van der Waals surface area contributed by atoms with E-state index in [4.69, 9.17) is 19.7 Å². The van der Waals surface area contributed by atoms with E-state index in [-0.39, 0.29) is 17.8 Å². The second-order valence-corrected chi connectivity index (χ2v) is 10.3. The zero-order chi connectivity index (χ0) is 24.0. The largest absolute Gasteiger partial charge is 0.613 e. The predicted octanol–water partition coefficient (Wildman–Crippen LogP) is 0.859. The first-order chi connectivity index (χ1) is 15.5. The Morgan fingerprint density at radius 1 is 1.39 bits per heavy atom. The lowest BCUT2D eigenvalue weighted by atomic mass is 9.97. The smallest absolute Gasteiger partial charge is 0.464 e. The van der Waals surface area contributed by atoms with Gasteiger partial charge in [-0.1, -0.05) is 12.0 Å². The van der Waals surface area contributed by atoms with Gasteiger partial charge in [0.1, 0.15) is 48.4 Å². The number of fused-ring (bicyclic) bond motifs is 1. The van der Waals surface area contributed by atoms with Gasteiger partial charge in [-0.25, -0.2) is 9.50 Å². The fourth-order valence-electron chi connectivity index (χ4n) is 3.66. The van der Waals surface area contributed by atoms with E-state index in [1.54, 1.807) is 12.1 Å². The molecule has 33 heavy (non-hydrogen) atoms. The van der Waals surface area contributed by atoms with Gasteiger partial charge in [0.05, 0.1) is 12.3 Å². The first-order valence-corrected chi connectivity index (χ1v) is 11.9. The van der Waals surface area contributed by atoms with Gasteiger partial charge >= 0.3 is 14.1 Å². The predicted molar refractivity (Wildman–Crippen MR) is 116 cm³/mol. The molecule has 1 aliphatic heterocycles. The van der Waals surface area contributed by atoms with Gasteiger partial charge in [-0.15, -0.1) is 4.52 Å². The number of carbonyl (C=O) groups excluding carboxylic acids is 1. The zero-order valence-corrected chi connectivity index (χ0v) is 19.6. The molecule has 13 heteroatoms. The maximum atomic E-state index is 12.4. The lowest BCUT2D eigenvalue weighted by molar-refractivity contribution is -0.146. The number of nitrogens with one attached hydrogen (secondary N) is 1. The monoisotopic (exact) mass is 482 g/mol. The number of hydrogen-bond donors (Lipinski definition) is 4. The van der Waals surface area contributed by atoms with Gasteiger partial charge in [0.15, 0.2) is 5.82 Å². The van der Waals surface area contributed by atoms with Crippen molar-refractivity contribution in [3.63, 3.8) is 0 Å². The Labute approximate surface area is 191 Å². The maximum Gasteiger partial charge on any atom is 0.613 e. The molecule has 6 atom stereocenters. The van der Waals surface area contributed by atoms with Gasteiger partial charge in [-0.3, -0.25) is 4.79 Å². The first kappa shape index (κ1) is 23.9. The number of aromatic nitrogens is 3. The maximum absolute atomic E-state index is 12.4. The van der Waals surface area contributed by atoms with E-state index in [1.165, 1.54) is 24.7 Å². The molecule has 1 saturated carbocycles. The molecule has 180 valence electrons. The molecular formula is C20H29N5O7P+. The van der Waals surface area contributed by atoms with Crippen molar-refractivity contribution in [2.75, 3.05) is 18.9 Å². The van der Waals surface area contributed by atoms with Crippen LogP contribution in [0.15, 0.2) is 18.5 Å². The molecule has 0 amide bonds. The molecular weight excluding hydrogens is 453 g/mol. The topological polar surface area (TPSA) is 171 Å². The third-order valence-electron chi connectivity index (χ3n) is 6.25. The molecule has 0 aromatic carbocycles. The molecule has 0 bridgehead atoms. The minimum Gasteiger partial charge on any atom is -0.464 e. The summed E-state index contributed by atoms with van der Waals surface area (Å²) < 4.78 is 30.4. The number of nitrogens with two attached hydrogens (primary N) is 1. The van der Waals surface area contributed by atoms with Crippen molar-refractivity contribution >= 4 is 25.5 Å². The van der Waals surface area contributed by atoms with Crippen LogP contribution < -0.4 is 10.8 Å². The molecule has 2 aromatic rings. The van der Waals surface area contributed by atoms with E-state index < -0.39 is 44.1 Å². The minimum atomic E-state index is -2.46. The van der Waals surface area contributed by atoms with E-state index >= 15 is 0 Å². The second-order valence-electron chi connectivity index (χ2n) is 9.29. The van der Waals surface area contributed by atoms with Gasteiger partial charge in [-0.05, 0) is 43.4 Å². The molecule has 0 spiro atoms. The summed E-state index contributed by atoms with van der Waals surface area (Å²) in [6.45, 7) is 5.14. The summed E-state index contributed by atoms with van der Waals surface area (Å²) in [5.74, 6) is -0.257. The van der Waals surface area contributed by atoms with Gasteiger partial charge in [0.2, 0.25) is 0 Å². The van der Waals surface area contributed by atoms with Crippen molar-refractivity contribution in [2.24, 2.45) is 5.41 Å². The number of carbonyl (C=O) groups is 1. The molecule has 4 rings (SSSR count). The van der Waals surface area contributed by atoms with Crippen LogP contribution in [0.1, 0.15) is 45.4 Å². The van der Waals surface area contributed by atoms with Gasteiger partial charge in [-0.2, -0.15) is 5.10 Å². The standard InChI is InChI=1S/C20H29N5O7P/c1-11(18(28)30-8-19(2)6-7-19)24-33(29)31-9-20(3)16(27)14(26)15(32-20)12-4-5-13-17(21)22-10-23-25(12)13/h4-5,10-11,14-16,26-27H,6-9H2,1-3H3,(H,24,29)(H2,21,22,23)/q+1/t11-,14-,15-,16-,20+/m0/s1. The Bertz CT molecular complexity index is 1060. The van der Waals surface area contributed by atoms with Crippen molar-refractivity contribution in [3.8, 4) is 0 Å². The fourth-order valence-corrected chi connectivity index (χ4v) is 4.53. The van der Waals surface area contributed by atoms with Crippen molar-refractivity contribution in [1.82, 2.24) is 19.7 Å². The van der Waals surface area contributed by atoms with Crippen LogP contribution in [0.5, 0.6) is 0 Å². The summed E-state index contributed by atoms with van der Waals surface area (Å²) in [6.07, 6.45) is -0.249. The normalized spacial score (nSPS) is 29.7. The number of aliphatic hydroxyl groups excluding tert-OH is 2. The summed E-state index contributed by atoms with van der Waals surface area (Å²) in [5.41, 5.74) is 5.54. The highest BCUT2D eigenvalue weighted by Gasteiger charge is 2.54. The molecule has 2 fully saturated rings. The molecule has 1 saturated heterocycles. The van der Waals surface area contributed by atoms with Gasteiger partial charge < -0.3 is 25.4 Å². The molecule has 12 nitrogen and oxygen atoms in total. The Balaban J connectivity index is 1.35. The Morgan fingerprint density at radius 2 is 2.12 bits per heavy atom. The van der Waals surface area contributed by atoms with Crippen molar-refractivity contribution < 1.29 is 33.6 Å². The Hall–Kier alpha value is -2.21. The molecule has 2 aliphatic rings. The molecule has 2 aromatic heterocycles. The number of nitrogens with zero attached hydrogens (tertiary/aromatic N) is 3. The molecule has 0 radical (unpaired) electrons. The number of hydrogen-bond acceptors (Lipinski definition) is 10. The van der Waals surface area contributed by atoms with Gasteiger partial charge in [0, 0.05) is 5.41 Å². The van der Waals surface area contributed by atoms with Crippen LogP contribution in [0, 0.1) is 5.41 Å². The molecule has 1 aliphatic carbocycles. The van der Waals surface area contributed by atoms with Crippen LogP contribution in [-0.2, 0) is 23.4 Å². The van der Waals surface area contributed by atoms with Crippen LogP contribution in [0.2, 0.25) is 0 Å². The van der Waals surface area contributed by atoms with Crippen LogP contribution in [-0.4, -0.2) is 67.8 Å². The van der Waals surface area contributed by atoms with Crippen LogP contribution in [0.4, 0.5) is 5.82 Å². The average molecular weight is 482 g/mol. The summed E-state index contributed by atoms with van der Waals surface area (Å²) in [6, 6.07) is 2.52. The van der Waals surface area contributed by atoms with Crippen LogP contribution in [0.3, 0.4) is 0 Å². The van der Waals surface area contributed by atoms with Crippen molar-refractivity contribution in [2.45, 2.75) is 63.6 Å². The highest BCUT2D eigenvalue weighted by atomic mass is 31.1. The van der Waals surface area contributed by atoms with E-state index in [1.807, 2.05) is 6.92 Å². The second kappa shape index (κ2) is 8.86. The number of rotatable bonds is 9. The number of anilines is 1. The molecule has 3 heterocycles.